The van der Waals surface area contributed by atoms with E-state index >= 15 is 0 Å². The molecule has 1 amide bonds. The van der Waals surface area contributed by atoms with Crippen LogP contribution in [0.5, 0.6) is 0 Å². The van der Waals surface area contributed by atoms with Crippen LogP contribution in [-0.2, 0) is 18.3 Å². The molecule has 1 heterocycles. The second-order valence-corrected chi connectivity index (χ2v) is 4.13. The summed E-state index contributed by atoms with van der Waals surface area (Å²) in [7, 11) is 1.84. The molecule has 0 aliphatic rings. The van der Waals surface area contributed by atoms with Gasteiger partial charge >= 0.3 is 6.09 Å². The fourth-order valence-corrected chi connectivity index (χ4v) is 1.62. The zero-order chi connectivity index (χ0) is 14.4. The SMILES string of the molecule is CCOC(=O)Nc1ccc(NCc2cnnn2C)cc1. The first kappa shape index (κ1) is 13.9. The number of hydrogen-bond acceptors (Lipinski definition) is 5. The molecule has 2 N–H and O–H groups in total. The second kappa shape index (κ2) is 6.55. The standard InChI is InChI=1S/C13H17N5O2/c1-3-20-13(19)16-11-6-4-10(5-7-11)14-8-12-9-15-17-18(12)2/h4-7,9,14H,3,8H2,1-2H3,(H,16,19). The molecule has 0 aliphatic carbocycles. The maximum Gasteiger partial charge on any atom is 0.411 e. The topological polar surface area (TPSA) is 81.1 Å². The molecule has 1 aromatic carbocycles. The molecular weight excluding hydrogens is 258 g/mol. The van der Waals surface area contributed by atoms with E-state index in [1.54, 1.807) is 29.9 Å². The van der Waals surface area contributed by atoms with Crippen LogP contribution >= 0.6 is 0 Å². The van der Waals surface area contributed by atoms with Crippen molar-refractivity contribution >= 4 is 17.5 Å². The van der Waals surface area contributed by atoms with Gasteiger partial charge in [0.1, 0.15) is 0 Å². The van der Waals surface area contributed by atoms with Gasteiger partial charge in [0.15, 0.2) is 0 Å². The number of anilines is 2. The minimum absolute atomic E-state index is 0.351. The predicted molar refractivity (Wildman–Crippen MR) is 75.4 cm³/mol. The third kappa shape index (κ3) is 3.71. The number of benzene rings is 1. The fraction of sp³-hybridized carbons (Fsp3) is 0.308. The summed E-state index contributed by atoms with van der Waals surface area (Å²) in [6.07, 6.45) is 1.26. The van der Waals surface area contributed by atoms with Gasteiger partial charge < -0.3 is 10.1 Å². The van der Waals surface area contributed by atoms with Crippen molar-refractivity contribution < 1.29 is 9.53 Å². The van der Waals surface area contributed by atoms with E-state index < -0.39 is 6.09 Å². The number of carbonyl (C=O) groups is 1. The first-order valence-electron chi connectivity index (χ1n) is 6.30. The zero-order valence-corrected chi connectivity index (χ0v) is 11.5. The average molecular weight is 275 g/mol. The van der Waals surface area contributed by atoms with E-state index in [0.717, 1.165) is 11.4 Å². The van der Waals surface area contributed by atoms with E-state index in [1.807, 2.05) is 19.2 Å². The van der Waals surface area contributed by atoms with Gasteiger partial charge in [0.05, 0.1) is 25.0 Å². The number of aromatic nitrogens is 3. The minimum Gasteiger partial charge on any atom is -0.450 e. The van der Waals surface area contributed by atoms with Crippen LogP contribution in [0.2, 0.25) is 0 Å². The summed E-state index contributed by atoms with van der Waals surface area (Å²) in [6, 6.07) is 7.37. The van der Waals surface area contributed by atoms with E-state index in [-0.39, 0.29) is 0 Å². The van der Waals surface area contributed by atoms with Gasteiger partial charge in [-0.3, -0.25) is 10.00 Å². The molecule has 2 aromatic rings. The number of nitrogens with one attached hydrogen (secondary N) is 2. The molecular formula is C13H17N5O2. The highest BCUT2D eigenvalue weighted by Gasteiger charge is 2.02. The Morgan fingerprint density at radius 2 is 2.00 bits per heavy atom. The summed E-state index contributed by atoms with van der Waals surface area (Å²) in [6.45, 7) is 2.75. The molecule has 7 nitrogen and oxygen atoms in total. The number of aryl methyl sites for hydroxylation is 1. The highest BCUT2D eigenvalue weighted by Crippen LogP contribution is 2.14. The molecule has 0 fully saturated rings. The average Bonchev–Trinajstić information content (AvgIpc) is 2.84. The van der Waals surface area contributed by atoms with Crippen molar-refractivity contribution in [3.63, 3.8) is 0 Å². The Hall–Kier alpha value is -2.57. The number of nitrogens with zero attached hydrogens (tertiary/aromatic N) is 3. The summed E-state index contributed by atoms with van der Waals surface area (Å²) in [5.41, 5.74) is 2.62. The first-order valence-corrected chi connectivity index (χ1v) is 6.30. The summed E-state index contributed by atoms with van der Waals surface area (Å²) in [4.78, 5) is 11.3. The Balaban J connectivity index is 1.88. The van der Waals surface area contributed by atoms with Crippen LogP contribution in [0, 0.1) is 0 Å². The van der Waals surface area contributed by atoms with Crippen LogP contribution in [-0.4, -0.2) is 27.7 Å². The fourth-order valence-electron chi connectivity index (χ4n) is 1.62. The van der Waals surface area contributed by atoms with Crippen molar-refractivity contribution in [3.8, 4) is 0 Å². The van der Waals surface area contributed by atoms with Gasteiger partial charge in [0.2, 0.25) is 0 Å². The van der Waals surface area contributed by atoms with Crippen LogP contribution in [0.25, 0.3) is 0 Å². The van der Waals surface area contributed by atoms with E-state index in [9.17, 15) is 4.79 Å². The van der Waals surface area contributed by atoms with Crippen molar-refractivity contribution in [3.05, 3.63) is 36.2 Å². The molecule has 20 heavy (non-hydrogen) atoms. The lowest BCUT2D eigenvalue weighted by atomic mass is 10.2. The largest absolute Gasteiger partial charge is 0.450 e. The van der Waals surface area contributed by atoms with Crippen molar-refractivity contribution in [2.75, 3.05) is 17.2 Å². The van der Waals surface area contributed by atoms with Crippen molar-refractivity contribution in [1.82, 2.24) is 15.0 Å². The molecule has 106 valence electrons. The summed E-state index contributed by atoms with van der Waals surface area (Å²) in [5, 5.41) is 13.6. The number of hydrogen-bond donors (Lipinski definition) is 2. The van der Waals surface area contributed by atoms with Crippen LogP contribution < -0.4 is 10.6 Å². The molecule has 0 spiro atoms. The molecule has 2 rings (SSSR count). The summed E-state index contributed by atoms with van der Waals surface area (Å²) in [5.74, 6) is 0. The first-order chi connectivity index (χ1) is 9.69. The molecule has 0 aliphatic heterocycles. The molecule has 0 radical (unpaired) electrons. The number of amides is 1. The normalized spacial score (nSPS) is 10.1. The van der Waals surface area contributed by atoms with E-state index in [1.165, 1.54) is 0 Å². The Bertz CT molecular complexity index is 564. The lowest BCUT2D eigenvalue weighted by Gasteiger charge is -2.08. The highest BCUT2D eigenvalue weighted by atomic mass is 16.5. The molecule has 0 atom stereocenters. The minimum atomic E-state index is -0.450. The van der Waals surface area contributed by atoms with Gasteiger partial charge in [-0.05, 0) is 31.2 Å². The van der Waals surface area contributed by atoms with Crippen molar-refractivity contribution in [2.45, 2.75) is 13.5 Å². The third-order valence-electron chi connectivity index (χ3n) is 2.69. The van der Waals surface area contributed by atoms with E-state index in [2.05, 4.69) is 20.9 Å². The Morgan fingerprint density at radius 1 is 1.30 bits per heavy atom. The molecule has 0 saturated heterocycles. The van der Waals surface area contributed by atoms with Gasteiger partial charge in [-0.1, -0.05) is 5.21 Å². The number of carbonyl (C=O) groups excluding carboxylic acids is 1. The van der Waals surface area contributed by atoms with Crippen LogP contribution in [0.1, 0.15) is 12.6 Å². The van der Waals surface area contributed by atoms with Crippen LogP contribution in [0.4, 0.5) is 16.2 Å². The quantitative estimate of drug-likeness (QED) is 0.872. The third-order valence-corrected chi connectivity index (χ3v) is 2.69. The van der Waals surface area contributed by atoms with Gasteiger partial charge in [0.25, 0.3) is 0 Å². The van der Waals surface area contributed by atoms with Gasteiger partial charge in [0, 0.05) is 18.4 Å². The molecule has 0 bridgehead atoms. The predicted octanol–water partition coefficient (Wildman–Crippen LogP) is 2.00. The summed E-state index contributed by atoms with van der Waals surface area (Å²) < 4.78 is 6.52. The van der Waals surface area contributed by atoms with E-state index in [0.29, 0.717) is 18.8 Å². The van der Waals surface area contributed by atoms with Gasteiger partial charge in [-0.25, -0.2) is 4.79 Å². The van der Waals surface area contributed by atoms with Crippen LogP contribution in [0.3, 0.4) is 0 Å². The van der Waals surface area contributed by atoms with Gasteiger partial charge in [-0.2, -0.15) is 0 Å². The lowest BCUT2D eigenvalue weighted by Crippen LogP contribution is -2.13. The maximum absolute atomic E-state index is 11.3. The monoisotopic (exact) mass is 275 g/mol. The van der Waals surface area contributed by atoms with Crippen LogP contribution in [0.15, 0.2) is 30.5 Å². The number of rotatable bonds is 5. The van der Waals surface area contributed by atoms with Crippen molar-refractivity contribution in [1.29, 1.82) is 0 Å². The Kier molecular flexibility index (Phi) is 4.54. The summed E-state index contributed by atoms with van der Waals surface area (Å²) >= 11 is 0. The van der Waals surface area contributed by atoms with Crippen molar-refractivity contribution in [2.24, 2.45) is 7.05 Å². The Morgan fingerprint density at radius 3 is 2.60 bits per heavy atom. The number of ether oxygens (including phenoxy) is 1. The second-order valence-electron chi connectivity index (χ2n) is 4.13. The van der Waals surface area contributed by atoms with Gasteiger partial charge in [-0.15, -0.1) is 5.10 Å². The molecule has 7 heteroatoms. The molecule has 1 aromatic heterocycles. The highest BCUT2D eigenvalue weighted by molar-refractivity contribution is 5.84. The molecule has 0 saturated carbocycles. The lowest BCUT2D eigenvalue weighted by molar-refractivity contribution is 0.168. The molecule has 0 unspecified atom stereocenters. The Labute approximate surface area is 116 Å². The van der Waals surface area contributed by atoms with E-state index in [4.69, 9.17) is 4.74 Å². The maximum atomic E-state index is 11.3. The smallest absolute Gasteiger partial charge is 0.411 e. The zero-order valence-electron chi connectivity index (χ0n) is 11.5.